The predicted octanol–water partition coefficient (Wildman–Crippen LogP) is 2.08. The Morgan fingerprint density at radius 1 is 1.42 bits per heavy atom. The molecule has 0 saturated heterocycles. The number of nitriles is 1. The van der Waals surface area contributed by atoms with Gasteiger partial charge in [0, 0.05) is 11.8 Å². The molecular formula is C14H17N3O2. The first-order chi connectivity index (χ1) is 9.07. The maximum absolute atomic E-state index is 12.6. The average molecular weight is 259 g/mol. The van der Waals surface area contributed by atoms with Crippen molar-refractivity contribution < 1.29 is 9.53 Å². The number of hydrogen-bond donors (Lipinski definition) is 1. The Hall–Kier alpha value is -2.22. The summed E-state index contributed by atoms with van der Waals surface area (Å²) in [5.41, 5.74) is 6.05. The molecule has 0 aromatic heterocycles. The molecule has 2 N–H and O–H groups in total. The largest absolute Gasteiger partial charge is 0.475 e. The number of nitrogens with zero attached hydrogens (tertiary/aromatic N) is 2. The number of hydrogen-bond acceptors (Lipinski definition) is 4. The van der Waals surface area contributed by atoms with Gasteiger partial charge >= 0.3 is 0 Å². The highest BCUT2D eigenvalue weighted by molar-refractivity contribution is 6.03. The van der Waals surface area contributed by atoms with Crippen LogP contribution in [0.5, 0.6) is 5.75 Å². The van der Waals surface area contributed by atoms with E-state index in [9.17, 15) is 4.79 Å². The minimum absolute atomic E-state index is 0.0147. The maximum atomic E-state index is 12.6. The number of fused-ring (bicyclic) bond motifs is 1. The minimum Gasteiger partial charge on any atom is -0.475 e. The molecule has 5 heteroatoms. The highest BCUT2D eigenvalue weighted by Gasteiger charge is 2.45. The van der Waals surface area contributed by atoms with Crippen LogP contribution >= 0.6 is 0 Å². The van der Waals surface area contributed by atoms with Crippen molar-refractivity contribution in [1.29, 1.82) is 5.26 Å². The van der Waals surface area contributed by atoms with Crippen LogP contribution in [0.4, 0.5) is 11.4 Å². The van der Waals surface area contributed by atoms with Crippen molar-refractivity contribution in [3.05, 3.63) is 18.2 Å². The number of ether oxygens (including phenoxy) is 1. The predicted molar refractivity (Wildman–Crippen MR) is 72.8 cm³/mol. The summed E-state index contributed by atoms with van der Waals surface area (Å²) in [6.07, 6.45) is 1.11. The fraction of sp³-hybridized carbons (Fsp3) is 0.429. The summed E-state index contributed by atoms with van der Waals surface area (Å²) in [7, 11) is 0. The van der Waals surface area contributed by atoms with E-state index in [4.69, 9.17) is 15.7 Å². The van der Waals surface area contributed by atoms with Crippen molar-refractivity contribution in [2.75, 3.05) is 17.2 Å². The van der Waals surface area contributed by atoms with Crippen LogP contribution in [0.2, 0.25) is 0 Å². The van der Waals surface area contributed by atoms with E-state index in [1.807, 2.05) is 19.9 Å². The number of benzene rings is 1. The van der Waals surface area contributed by atoms with Crippen LogP contribution in [0.25, 0.3) is 0 Å². The van der Waals surface area contributed by atoms with E-state index in [0.29, 0.717) is 30.0 Å². The second-order valence-corrected chi connectivity index (χ2v) is 4.58. The molecule has 19 heavy (non-hydrogen) atoms. The van der Waals surface area contributed by atoms with E-state index in [1.165, 1.54) is 4.90 Å². The Bertz CT molecular complexity index is 544. The second-order valence-electron chi connectivity index (χ2n) is 4.58. The van der Waals surface area contributed by atoms with Gasteiger partial charge in [0.1, 0.15) is 12.3 Å². The SMILES string of the molecule is CCC1(CC)Oc2cc(N)ccc2N(CC#N)C1=O. The van der Waals surface area contributed by atoms with Crippen molar-refractivity contribution in [3.63, 3.8) is 0 Å². The Morgan fingerprint density at radius 3 is 2.68 bits per heavy atom. The second kappa shape index (κ2) is 4.81. The molecule has 0 atom stereocenters. The van der Waals surface area contributed by atoms with Gasteiger partial charge in [-0.15, -0.1) is 0 Å². The van der Waals surface area contributed by atoms with Crippen LogP contribution in [-0.4, -0.2) is 18.1 Å². The first-order valence-electron chi connectivity index (χ1n) is 6.35. The molecule has 0 unspecified atom stereocenters. The van der Waals surface area contributed by atoms with Gasteiger partial charge in [-0.25, -0.2) is 0 Å². The van der Waals surface area contributed by atoms with Crippen molar-refractivity contribution in [3.8, 4) is 11.8 Å². The lowest BCUT2D eigenvalue weighted by molar-refractivity contribution is -0.136. The molecule has 5 nitrogen and oxygen atoms in total. The lowest BCUT2D eigenvalue weighted by Crippen LogP contribution is -2.55. The molecule has 0 bridgehead atoms. The smallest absolute Gasteiger partial charge is 0.272 e. The zero-order valence-corrected chi connectivity index (χ0v) is 11.1. The molecule has 100 valence electrons. The molecule has 0 aliphatic carbocycles. The molecule has 1 heterocycles. The van der Waals surface area contributed by atoms with Crippen LogP contribution in [0.3, 0.4) is 0 Å². The lowest BCUT2D eigenvalue weighted by Gasteiger charge is -2.41. The lowest BCUT2D eigenvalue weighted by atomic mass is 9.92. The Morgan fingerprint density at radius 2 is 2.11 bits per heavy atom. The van der Waals surface area contributed by atoms with E-state index in [-0.39, 0.29) is 12.5 Å². The van der Waals surface area contributed by atoms with Crippen molar-refractivity contribution >= 4 is 17.3 Å². The molecule has 1 amide bonds. The van der Waals surface area contributed by atoms with Gasteiger partial charge < -0.3 is 10.5 Å². The maximum Gasteiger partial charge on any atom is 0.272 e. The zero-order chi connectivity index (χ0) is 14.0. The molecule has 0 radical (unpaired) electrons. The molecule has 1 aromatic carbocycles. The normalized spacial score (nSPS) is 16.5. The van der Waals surface area contributed by atoms with E-state index in [2.05, 4.69) is 0 Å². The third-order valence-corrected chi connectivity index (χ3v) is 3.59. The Balaban J connectivity index is 2.56. The molecule has 1 aliphatic rings. The summed E-state index contributed by atoms with van der Waals surface area (Å²) in [6.45, 7) is 3.83. The third-order valence-electron chi connectivity index (χ3n) is 3.59. The summed E-state index contributed by atoms with van der Waals surface area (Å²) < 4.78 is 5.91. The van der Waals surface area contributed by atoms with Gasteiger partial charge in [-0.05, 0) is 25.0 Å². The fourth-order valence-corrected chi connectivity index (χ4v) is 2.37. The van der Waals surface area contributed by atoms with E-state index in [1.54, 1.807) is 18.2 Å². The highest BCUT2D eigenvalue weighted by atomic mass is 16.5. The summed E-state index contributed by atoms with van der Waals surface area (Å²) in [5, 5.41) is 8.92. The molecule has 1 aliphatic heterocycles. The van der Waals surface area contributed by atoms with Gasteiger partial charge in [0.25, 0.3) is 5.91 Å². The number of carbonyl (C=O) groups excluding carboxylic acids is 1. The van der Waals surface area contributed by atoms with Crippen LogP contribution in [0, 0.1) is 11.3 Å². The van der Waals surface area contributed by atoms with Crippen LogP contribution < -0.4 is 15.4 Å². The summed E-state index contributed by atoms with van der Waals surface area (Å²) >= 11 is 0. The van der Waals surface area contributed by atoms with E-state index < -0.39 is 5.60 Å². The molecule has 0 saturated carbocycles. The van der Waals surface area contributed by atoms with Gasteiger partial charge in [-0.1, -0.05) is 13.8 Å². The van der Waals surface area contributed by atoms with Gasteiger partial charge in [-0.2, -0.15) is 5.26 Å². The molecular weight excluding hydrogens is 242 g/mol. The Kier molecular flexibility index (Phi) is 3.34. The summed E-state index contributed by atoms with van der Waals surface area (Å²) in [6, 6.07) is 7.14. The van der Waals surface area contributed by atoms with E-state index >= 15 is 0 Å². The number of carbonyl (C=O) groups is 1. The number of rotatable bonds is 3. The van der Waals surface area contributed by atoms with Gasteiger partial charge in [0.05, 0.1) is 11.8 Å². The number of nitrogens with two attached hydrogens (primary N) is 1. The Labute approximate surface area is 112 Å². The van der Waals surface area contributed by atoms with Crippen LogP contribution in [0.1, 0.15) is 26.7 Å². The number of anilines is 2. The molecule has 2 rings (SSSR count). The van der Waals surface area contributed by atoms with Crippen LogP contribution in [-0.2, 0) is 4.79 Å². The van der Waals surface area contributed by atoms with Crippen molar-refractivity contribution in [2.45, 2.75) is 32.3 Å². The first kappa shape index (κ1) is 13.2. The molecule has 1 aromatic rings. The quantitative estimate of drug-likeness (QED) is 0.665. The average Bonchev–Trinajstić information content (AvgIpc) is 2.42. The zero-order valence-electron chi connectivity index (χ0n) is 11.1. The summed E-state index contributed by atoms with van der Waals surface area (Å²) in [5.74, 6) is 0.412. The van der Waals surface area contributed by atoms with Gasteiger partial charge in [0.15, 0.2) is 5.60 Å². The number of nitrogen functional groups attached to an aromatic ring is 1. The fourth-order valence-electron chi connectivity index (χ4n) is 2.37. The number of amides is 1. The van der Waals surface area contributed by atoms with E-state index in [0.717, 1.165) is 0 Å². The monoisotopic (exact) mass is 259 g/mol. The first-order valence-corrected chi connectivity index (χ1v) is 6.35. The topological polar surface area (TPSA) is 79.3 Å². The van der Waals surface area contributed by atoms with Gasteiger partial charge in [0.2, 0.25) is 0 Å². The van der Waals surface area contributed by atoms with Crippen molar-refractivity contribution in [1.82, 2.24) is 0 Å². The molecule has 0 spiro atoms. The summed E-state index contributed by atoms with van der Waals surface area (Å²) in [4.78, 5) is 14.0. The third kappa shape index (κ3) is 1.99. The van der Waals surface area contributed by atoms with Crippen molar-refractivity contribution in [2.24, 2.45) is 0 Å². The standard InChI is InChI=1S/C14H17N3O2/c1-3-14(4-2)13(18)17(8-7-15)11-6-5-10(16)9-12(11)19-14/h5-6,9H,3-4,8,16H2,1-2H3. The molecule has 0 fully saturated rings. The highest BCUT2D eigenvalue weighted by Crippen LogP contribution is 2.41. The minimum atomic E-state index is -0.891. The van der Waals surface area contributed by atoms with Gasteiger partial charge in [-0.3, -0.25) is 9.69 Å². The van der Waals surface area contributed by atoms with Crippen LogP contribution in [0.15, 0.2) is 18.2 Å².